The highest BCUT2D eigenvalue weighted by Crippen LogP contribution is 2.65. The van der Waals surface area contributed by atoms with Crippen LogP contribution in [0.1, 0.15) is 37.3 Å². The molecule has 2 unspecified atom stereocenters. The SMILES string of the molecule is C=CCOC(=O)[C@@H]1[C@H]2C(=O)N([C@@H](CO)Cc3ccccc3)C(C(=O)N(CC=C)Cc3ccccc3)C23CC[C@@]1(CC)O3. The molecule has 2 bridgehead atoms. The monoisotopic (exact) mass is 572 g/mol. The average Bonchev–Trinajstić information content (AvgIpc) is 3.62. The summed E-state index contributed by atoms with van der Waals surface area (Å²) in [5.74, 6) is -2.91. The molecule has 3 aliphatic rings. The minimum absolute atomic E-state index is 0.0204. The molecule has 6 atom stereocenters. The number of ether oxygens (including phenoxy) is 2. The number of hydrogen-bond donors (Lipinski definition) is 1. The number of carbonyl (C=O) groups is 3. The fourth-order valence-electron chi connectivity index (χ4n) is 7.42. The molecule has 5 rings (SSSR count). The highest BCUT2D eigenvalue weighted by molar-refractivity contribution is 5.98. The van der Waals surface area contributed by atoms with E-state index in [1.54, 1.807) is 11.0 Å². The molecule has 8 nitrogen and oxygen atoms in total. The summed E-state index contributed by atoms with van der Waals surface area (Å²) in [5.41, 5.74) is -0.259. The minimum atomic E-state index is -1.22. The Morgan fingerprint density at radius 1 is 1.10 bits per heavy atom. The van der Waals surface area contributed by atoms with Crippen LogP contribution in [0, 0.1) is 11.8 Å². The molecule has 2 aromatic carbocycles. The van der Waals surface area contributed by atoms with E-state index in [2.05, 4.69) is 13.2 Å². The van der Waals surface area contributed by atoms with Crippen LogP contribution >= 0.6 is 0 Å². The number of nitrogens with zero attached hydrogens (tertiary/aromatic N) is 2. The third kappa shape index (κ3) is 4.96. The summed E-state index contributed by atoms with van der Waals surface area (Å²) in [7, 11) is 0. The first-order chi connectivity index (χ1) is 20.4. The maximum Gasteiger partial charge on any atom is 0.313 e. The second-order valence-corrected chi connectivity index (χ2v) is 11.5. The number of fused-ring (bicyclic) bond motifs is 1. The minimum Gasteiger partial charge on any atom is -0.461 e. The third-order valence-electron chi connectivity index (χ3n) is 9.25. The van der Waals surface area contributed by atoms with Crippen LogP contribution in [-0.2, 0) is 36.8 Å². The van der Waals surface area contributed by atoms with Crippen molar-refractivity contribution in [1.29, 1.82) is 0 Å². The molecule has 2 aromatic rings. The van der Waals surface area contributed by atoms with E-state index in [1.165, 1.54) is 11.0 Å². The number of benzene rings is 2. The van der Waals surface area contributed by atoms with Gasteiger partial charge in [-0.2, -0.15) is 0 Å². The van der Waals surface area contributed by atoms with Gasteiger partial charge in [0.25, 0.3) is 0 Å². The lowest BCUT2D eigenvalue weighted by Gasteiger charge is -2.39. The summed E-state index contributed by atoms with van der Waals surface area (Å²) in [6.07, 6.45) is 4.99. The van der Waals surface area contributed by atoms with Crippen LogP contribution in [0.2, 0.25) is 0 Å². The number of esters is 1. The lowest BCUT2D eigenvalue weighted by atomic mass is 9.65. The van der Waals surface area contributed by atoms with Crippen molar-refractivity contribution < 1.29 is 29.0 Å². The number of aliphatic hydroxyl groups is 1. The summed E-state index contributed by atoms with van der Waals surface area (Å²) < 4.78 is 12.4. The van der Waals surface area contributed by atoms with Crippen LogP contribution < -0.4 is 0 Å². The molecule has 3 aliphatic heterocycles. The Balaban J connectivity index is 1.60. The van der Waals surface area contributed by atoms with Crippen LogP contribution in [0.15, 0.2) is 86.0 Å². The maximum absolute atomic E-state index is 14.7. The molecule has 8 heteroatoms. The second kappa shape index (κ2) is 12.2. The van der Waals surface area contributed by atoms with Gasteiger partial charge in [-0.1, -0.05) is 86.3 Å². The van der Waals surface area contributed by atoms with Crippen molar-refractivity contribution in [3.8, 4) is 0 Å². The Bertz CT molecular complexity index is 1320. The van der Waals surface area contributed by atoms with Crippen LogP contribution in [0.5, 0.6) is 0 Å². The Morgan fingerprint density at radius 2 is 1.76 bits per heavy atom. The summed E-state index contributed by atoms with van der Waals surface area (Å²) in [6, 6.07) is 17.5. The second-order valence-electron chi connectivity index (χ2n) is 11.5. The van der Waals surface area contributed by atoms with E-state index in [0.717, 1.165) is 11.1 Å². The van der Waals surface area contributed by atoms with Gasteiger partial charge in [-0.25, -0.2) is 0 Å². The number of carbonyl (C=O) groups excluding carboxylic acids is 3. The van der Waals surface area contributed by atoms with E-state index in [4.69, 9.17) is 9.47 Å². The predicted molar refractivity (Wildman–Crippen MR) is 158 cm³/mol. The maximum atomic E-state index is 14.7. The zero-order valence-electron chi connectivity index (χ0n) is 24.2. The van der Waals surface area contributed by atoms with Crippen LogP contribution in [-0.4, -0.2) is 75.7 Å². The van der Waals surface area contributed by atoms with Gasteiger partial charge in [0.15, 0.2) is 0 Å². The van der Waals surface area contributed by atoms with Gasteiger partial charge >= 0.3 is 5.97 Å². The van der Waals surface area contributed by atoms with Gasteiger partial charge in [0.2, 0.25) is 11.8 Å². The first kappa shape index (κ1) is 29.7. The average molecular weight is 573 g/mol. The Hall–Kier alpha value is -3.75. The quantitative estimate of drug-likeness (QED) is 0.291. The van der Waals surface area contributed by atoms with Gasteiger partial charge in [-0.05, 0) is 36.8 Å². The Morgan fingerprint density at radius 3 is 2.36 bits per heavy atom. The zero-order valence-corrected chi connectivity index (χ0v) is 24.2. The Labute approximate surface area is 247 Å². The molecule has 1 spiro atoms. The van der Waals surface area contributed by atoms with E-state index in [9.17, 15) is 19.5 Å². The molecule has 1 N–H and O–H groups in total. The van der Waals surface area contributed by atoms with Crippen molar-refractivity contribution in [3.05, 3.63) is 97.1 Å². The van der Waals surface area contributed by atoms with E-state index < -0.39 is 41.1 Å². The third-order valence-corrected chi connectivity index (χ3v) is 9.25. The van der Waals surface area contributed by atoms with Crippen molar-refractivity contribution in [2.24, 2.45) is 11.8 Å². The molecule has 42 heavy (non-hydrogen) atoms. The van der Waals surface area contributed by atoms with Crippen molar-refractivity contribution in [2.75, 3.05) is 19.8 Å². The van der Waals surface area contributed by atoms with Crippen LogP contribution in [0.4, 0.5) is 0 Å². The zero-order chi connectivity index (χ0) is 29.9. The summed E-state index contributed by atoms with van der Waals surface area (Å²) >= 11 is 0. The van der Waals surface area contributed by atoms with Crippen LogP contribution in [0.3, 0.4) is 0 Å². The lowest BCUT2D eigenvalue weighted by Crippen LogP contribution is -2.59. The largest absolute Gasteiger partial charge is 0.461 e. The van der Waals surface area contributed by atoms with E-state index >= 15 is 0 Å². The fraction of sp³-hybridized carbons (Fsp3) is 0.441. The van der Waals surface area contributed by atoms with Crippen molar-refractivity contribution in [2.45, 2.75) is 62.4 Å². The van der Waals surface area contributed by atoms with Gasteiger partial charge < -0.3 is 24.4 Å². The summed E-state index contributed by atoms with van der Waals surface area (Å²) in [4.78, 5) is 46.1. The molecular weight excluding hydrogens is 532 g/mol. The molecule has 3 heterocycles. The van der Waals surface area contributed by atoms with Crippen LogP contribution in [0.25, 0.3) is 0 Å². The van der Waals surface area contributed by atoms with Crippen molar-refractivity contribution >= 4 is 17.8 Å². The van der Waals surface area contributed by atoms with Gasteiger partial charge in [0, 0.05) is 13.1 Å². The topological polar surface area (TPSA) is 96.4 Å². The van der Waals surface area contributed by atoms with E-state index in [-0.39, 0.29) is 31.6 Å². The normalized spacial score (nSPS) is 28.3. The van der Waals surface area contributed by atoms with Gasteiger partial charge in [-0.15, -0.1) is 6.58 Å². The highest BCUT2D eigenvalue weighted by Gasteiger charge is 2.79. The Kier molecular flexibility index (Phi) is 8.66. The molecule has 0 saturated carbocycles. The molecule has 3 fully saturated rings. The summed E-state index contributed by atoms with van der Waals surface area (Å²) in [5, 5.41) is 10.7. The van der Waals surface area contributed by atoms with Gasteiger partial charge in [-0.3, -0.25) is 14.4 Å². The molecular formula is C34H40N2O6. The number of hydrogen-bond acceptors (Lipinski definition) is 6. The molecule has 0 aliphatic carbocycles. The molecule has 2 amide bonds. The van der Waals surface area contributed by atoms with E-state index in [0.29, 0.717) is 32.2 Å². The number of aliphatic hydroxyl groups excluding tert-OH is 1. The molecule has 0 radical (unpaired) electrons. The van der Waals surface area contributed by atoms with E-state index in [1.807, 2.05) is 67.6 Å². The van der Waals surface area contributed by atoms with Gasteiger partial charge in [0.1, 0.15) is 24.2 Å². The standard InChI is InChI=1S/C34H40N2O6/c1-4-19-35(22-25-15-11-8-12-16-25)31(39)29-34-18-17-33(6-3,42-34)28(32(40)41-20-5-2)27(34)30(38)36(29)26(23-37)21-24-13-9-7-10-14-24/h4-5,7-16,26-29,37H,1-2,6,17-23H2,3H3/t26-,27+,28+,29?,33-,34?/m1/s1. The number of rotatable bonds is 13. The predicted octanol–water partition coefficient (Wildman–Crippen LogP) is 3.69. The van der Waals surface area contributed by atoms with Gasteiger partial charge in [0.05, 0.1) is 24.2 Å². The molecule has 0 aromatic heterocycles. The smallest absolute Gasteiger partial charge is 0.313 e. The highest BCUT2D eigenvalue weighted by atomic mass is 16.6. The van der Waals surface area contributed by atoms with Crippen molar-refractivity contribution in [3.63, 3.8) is 0 Å². The number of likely N-dealkylation sites (tertiary alicyclic amines) is 1. The number of amides is 2. The van der Waals surface area contributed by atoms with Crippen molar-refractivity contribution in [1.82, 2.24) is 9.80 Å². The molecule has 3 saturated heterocycles. The summed E-state index contributed by atoms with van der Waals surface area (Å²) in [6.45, 7) is 9.72. The first-order valence-corrected chi connectivity index (χ1v) is 14.7. The molecule has 222 valence electrons. The fourth-order valence-corrected chi connectivity index (χ4v) is 7.42. The first-order valence-electron chi connectivity index (χ1n) is 14.7. The lowest BCUT2D eigenvalue weighted by molar-refractivity contribution is -0.163.